The summed E-state index contributed by atoms with van der Waals surface area (Å²) < 4.78 is 0. The Kier molecular flexibility index (Phi) is 3.81. The maximum Gasteiger partial charge on any atom is 0.259 e. The van der Waals surface area contributed by atoms with Gasteiger partial charge in [-0.25, -0.2) is 9.97 Å². The molecule has 1 amide bonds. The number of carbonyl (C=O) groups excluding carboxylic acids is 1. The fourth-order valence-electron chi connectivity index (χ4n) is 1.74. The zero-order chi connectivity index (χ0) is 14.0. The van der Waals surface area contributed by atoms with Gasteiger partial charge in [-0.2, -0.15) is 0 Å². The van der Waals surface area contributed by atoms with Gasteiger partial charge in [0.2, 0.25) is 0 Å². The van der Waals surface area contributed by atoms with Crippen molar-refractivity contribution in [2.75, 3.05) is 5.32 Å². The van der Waals surface area contributed by atoms with Gasteiger partial charge in [0.15, 0.2) is 0 Å². The average Bonchev–Trinajstić information content (AvgIpc) is 2.34. The Labute approximate surface area is 116 Å². The van der Waals surface area contributed by atoms with E-state index in [1.807, 2.05) is 13.0 Å². The molecule has 0 unspecified atom stereocenters. The van der Waals surface area contributed by atoms with Crippen LogP contribution in [-0.4, -0.2) is 15.9 Å². The predicted molar refractivity (Wildman–Crippen MR) is 75.6 cm³/mol. The van der Waals surface area contributed by atoms with Crippen LogP contribution in [0.4, 0.5) is 5.69 Å². The third-order valence-electron chi connectivity index (χ3n) is 2.86. The molecule has 0 saturated heterocycles. The molecule has 98 valence electrons. The van der Waals surface area contributed by atoms with Crippen molar-refractivity contribution in [3.63, 3.8) is 0 Å². The Morgan fingerprint density at radius 3 is 2.68 bits per heavy atom. The van der Waals surface area contributed by atoms with Crippen LogP contribution in [0.3, 0.4) is 0 Å². The largest absolute Gasteiger partial charge is 0.322 e. The van der Waals surface area contributed by atoms with Gasteiger partial charge < -0.3 is 5.32 Å². The van der Waals surface area contributed by atoms with Gasteiger partial charge in [-0.3, -0.25) is 4.79 Å². The number of nitrogens with zero attached hydrogens (tertiary/aromatic N) is 2. The van der Waals surface area contributed by atoms with Crippen molar-refractivity contribution in [1.82, 2.24) is 9.97 Å². The Bertz CT molecular complexity index is 641. The number of anilines is 1. The van der Waals surface area contributed by atoms with Gasteiger partial charge in [-0.1, -0.05) is 17.7 Å². The number of aryl methyl sites for hydroxylation is 2. The van der Waals surface area contributed by atoms with Gasteiger partial charge in [-0.15, -0.1) is 0 Å². The fraction of sp³-hybridized carbons (Fsp3) is 0.214. The minimum absolute atomic E-state index is 0.233. The Morgan fingerprint density at radius 2 is 2.00 bits per heavy atom. The molecule has 2 rings (SSSR count). The van der Waals surface area contributed by atoms with Crippen molar-refractivity contribution in [2.24, 2.45) is 0 Å². The van der Waals surface area contributed by atoms with E-state index in [0.717, 1.165) is 5.56 Å². The van der Waals surface area contributed by atoms with E-state index in [4.69, 9.17) is 11.6 Å². The van der Waals surface area contributed by atoms with E-state index in [2.05, 4.69) is 15.3 Å². The quantitative estimate of drug-likeness (QED) is 0.915. The molecular weight excluding hydrogens is 262 g/mol. The van der Waals surface area contributed by atoms with Gasteiger partial charge in [0.25, 0.3) is 5.91 Å². The second kappa shape index (κ2) is 5.36. The average molecular weight is 276 g/mol. The monoisotopic (exact) mass is 275 g/mol. The van der Waals surface area contributed by atoms with E-state index >= 15 is 0 Å². The summed E-state index contributed by atoms with van der Waals surface area (Å²) in [6, 6.07) is 5.39. The molecular formula is C14H14ClN3O. The van der Waals surface area contributed by atoms with E-state index in [0.29, 0.717) is 27.8 Å². The van der Waals surface area contributed by atoms with Crippen LogP contribution in [0, 0.1) is 20.8 Å². The summed E-state index contributed by atoms with van der Waals surface area (Å²) >= 11 is 6.02. The topological polar surface area (TPSA) is 54.9 Å². The number of benzene rings is 1. The molecule has 0 radical (unpaired) electrons. The third-order valence-corrected chi connectivity index (χ3v) is 3.27. The molecule has 0 aliphatic heterocycles. The number of halogens is 1. The number of rotatable bonds is 2. The zero-order valence-electron chi connectivity index (χ0n) is 11.0. The van der Waals surface area contributed by atoms with Crippen LogP contribution in [0.1, 0.15) is 27.4 Å². The number of carbonyl (C=O) groups is 1. The lowest BCUT2D eigenvalue weighted by Crippen LogP contribution is -2.15. The van der Waals surface area contributed by atoms with E-state index in [1.165, 1.54) is 6.20 Å². The maximum atomic E-state index is 12.2. The summed E-state index contributed by atoms with van der Waals surface area (Å²) in [5, 5.41) is 3.44. The summed E-state index contributed by atoms with van der Waals surface area (Å²) in [7, 11) is 0. The van der Waals surface area contributed by atoms with Crippen molar-refractivity contribution in [2.45, 2.75) is 20.8 Å². The molecule has 0 bridgehead atoms. The molecule has 4 nitrogen and oxygen atoms in total. The minimum Gasteiger partial charge on any atom is -0.322 e. The highest BCUT2D eigenvalue weighted by atomic mass is 35.5. The van der Waals surface area contributed by atoms with Crippen molar-refractivity contribution in [3.05, 3.63) is 52.1 Å². The molecule has 0 aliphatic rings. The highest BCUT2D eigenvalue weighted by molar-refractivity contribution is 6.31. The summed E-state index contributed by atoms with van der Waals surface area (Å²) in [6.07, 6.45) is 1.53. The Morgan fingerprint density at radius 1 is 1.26 bits per heavy atom. The lowest BCUT2D eigenvalue weighted by atomic mass is 10.1. The molecule has 0 saturated carbocycles. The molecule has 0 aliphatic carbocycles. The number of hydrogen-bond acceptors (Lipinski definition) is 3. The third kappa shape index (κ3) is 2.90. The summed E-state index contributed by atoms with van der Waals surface area (Å²) in [5.41, 5.74) is 2.65. The van der Waals surface area contributed by atoms with Crippen LogP contribution in [0.5, 0.6) is 0 Å². The summed E-state index contributed by atoms with van der Waals surface area (Å²) in [4.78, 5) is 20.4. The van der Waals surface area contributed by atoms with Crippen LogP contribution in [-0.2, 0) is 0 Å². The maximum absolute atomic E-state index is 12.2. The lowest BCUT2D eigenvalue weighted by molar-refractivity contribution is 0.102. The molecule has 1 aromatic heterocycles. The summed E-state index contributed by atoms with van der Waals surface area (Å²) in [6.45, 7) is 5.43. The van der Waals surface area contributed by atoms with Gasteiger partial charge >= 0.3 is 0 Å². The standard InChI is InChI=1S/C14H14ClN3O/c1-8-12(15)5-4-6-13(8)18-14(19)11-7-16-10(3)17-9(11)2/h4-7H,1-3H3,(H,18,19). The van der Waals surface area contributed by atoms with Crippen molar-refractivity contribution >= 4 is 23.2 Å². The van der Waals surface area contributed by atoms with Gasteiger partial charge in [0.05, 0.1) is 11.3 Å². The Hall–Kier alpha value is -1.94. The molecule has 1 N–H and O–H groups in total. The van der Waals surface area contributed by atoms with Gasteiger partial charge in [-0.05, 0) is 38.5 Å². The SMILES string of the molecule is Cc1ncc(C(=O)Nc2cccc(Cl)c2C)c(C)n1. The van der Waals surface area contributed by atoms with E-state index in [9.17, 15) is 4.79 Å². The van der Waals surface area contributed by atoms with E-state index in [-0.39, 0.29) is 5.91 Å². The van der Waals surface area contributed by atoms with Crippen LogP contribution in [0.15, 0.2) is 24.4 Å². The fourth-order valence-corrected chi connectivity index (χ4v) is 1.91. The first-order chi connectivity index (χ1) is 8.99. The number of aromatic nitrogens is 2. The molecule has 1 heterocycles. The van der Waals surface area contributed by atoms with Crippen LogP contribution in [0.2, 0.25) is 5.02 Å². The molecule has 1 aromatic carbocycles. The molecule has 0 fully saturated rings. The Balaban J connectivity index is 2.28. The first-order valence-electron chi connectivity index (χ1n) is 5.85. The van der Waals surface area contributed by atoms with Crippen LogP contribution < -0.4 is 5.32 Å². The highest BCUT2D eigenvalue weighted by Gasteiger charge is 2.12. The minimum atomic E-state index is -0.233. The molecule has 0 atom stereocenters. The zero-order valence-corrected chi connectivity index (χ0v) is 11.7. The molecule has 19 heavy (non-hydrogen) atoms. The predicted octanol–water partition coefficient (Wildman–Crippen LogP) is 3.31. The van der Waals surface area contributed by atoms with Crippen molar-refractivity contribution in [1.29, 1.82) is 0 Å². The second-order valence-electron chi connectivity index (χ2n) is 4.28. The van der Waals surface area contributed by atoms with Crippen LogP contribution >= 0.6 is 11.6 Å². The first-order valence-corrected chi connectivity index (χ1v) is 6.23. The van der Waals surface area contributed by atoms with E-state index < -0.39 is 0 Å². The number of amides is 1. The number of nitrogens with one attached hydrogen (secondary N) is 1. The first kappa shape index (κ1) is 13.5. The second-order valence-corrected chi connectivity index (χ2v) is 4.69. The van der Waals surface area contributed by atoms with Crippen molar-refractivity contribution < 1.29 is 4.79 Å². The van der Waals surface area contributed by atoms with Gasteiger partial charge in [0.1, 0.15) is 5.82 Å². The van der Waals surface area contributed by atoms with E-state index in [1.54, 1.807) is 26.0 Å². The van der Waals surface area contributed by atoms with Crippen molar-refractivity contribution in [3.8, 4) is 0 Å². The molecule has 5 heteroatoms. The van der Waals surface area contributed by atoms with Gasteiger partial charge in [0, 0.05) is 16.9 Å². The highest BCUT2D eigenvalue weighted by Crippen LogP contribution is 2.23. The smallest absolute Gasteiger partial charge is 0.259 e. The normalized spacial score (nSPS) is 10.3. The molecule has 0 spiro atoms. The summed E-state index contributed by atoms with van der Waals surface area (Å²) in [5.74, 6) is 0.413. The lowest BCUT2D eigenvalue weighted by Gasteiger charge is -2.10. The van der Waals surface area contributed by atoms with Crippen LogP contribution in [0.25, 0.3) is 0 Å². The molecule has 2 aromatic rings. The number of hydrogen-bond donors (Lipinski definition) is 1.